The molecule has 0 saturated heterocycles. The summed E-state index contributed by atoms with van der Waals surface area (Å²) < 4.78 is 8.14. The lowest BCUT2D eigenvalue weighted by molar-refractivity contribution is 0.165. The Hall–Kier alpha value is -1.24. The first-order chi connectivity index (χ1) is 12.7. The van der Waals surface area contributed by atoms with Gasteiger partial charge in [-0.3, -0.25) is 9.58 Å². The minimum absolute atomic E-state index is 0.453. The lowest BCUT2D eigenvalue weighted by atomic mass is 10.0. The summed E-state index contributed by atoms with van der Waals surface area (Å²) in [5.74, 6) is 1.05. The smallest absolute Gasteiger partial charge is 0.160 e. The molecule has 0 radical (unpaired) electrons. The first-order valence-electron chi connectivity index (χ1n) is 9.93. The highest BCUT2D eigenvalue weighted by molar-refractivity contribution is 7.99. The standard InChI is InChI=1S/C20H29N3O2S/c1-2-19(24)18-12-15-13-22(10-11-23(15)21-18)14-16-8-9-20(25-16)26-17-6-4-3-5-7-17/h8-9,12,17,19,24H,2-7,10-11,13-14H2,1H3/t19-/m0/s1. The average molecular weight is 376 g/mol. The van der Waals surface area contributed by atoms with Gasteiger partial charge >= 0.3 is 0 Å². The van der Waals surface area contributed by atoms with E-state index >= 15 is 0 Å². The molecule has 6 heteroatoms. The Balaban J connectivity index is 1.34. The number of aliphatic hydroxyl groups is 1. The van der Waals surface area contributed by atoms with Gasteiger partial charge in [-0.25, -0.2) is 0 Å². The molecular formula is C20H29N3O2S. The van der Waals surface area contributed by atoms with E-state index in [1.807, 2.05) is 29.4 Å². The molecule has 0 aromatic carbocycles. The number of aromatic nitrogens is 2. The van der Waals surface area contributed by atoms with Gasteiger partial charge in [0.15, 0.2) is 5.09 Å². The Bertz CT molecular complexity index is 720. The molecule has 26 heavy (non-hydrogen) atoms. The van der Waals surface area contributed by atoms with Gasteiger partial charge in [0.25, 0.3) is 0 Å². The molecule has 0 unspecified atom stereocenters. The molecule has 2 aliphatic rings. The zero-order chi connectivity index (χ0) is 17.9. The van der Waals surface area contributed by atoms with Crippen molar-refractivity contribution in [2.24, 2.45) is 0 Å². The summed E-state index contributed by atoms with van der Waals surface area (Å²) in [4.78, 5) is 2.40. The van der Waals surface area contributed by atoms with Gasteiger partial charge in [-0.15, -0.1) is 0 Å². The molecular weight excluding hydrogens is 346 g/mol. The van der Waals surface area contributed by atoms with Crippen LogP contribution in [0.1, 0.15) is 68.7 Å². The van der Waals surface area contributed by atoms with Gasteiger partial charge in [-0.2, -0.15) is 5.10 Å². The number of furan rings is 1. The highest BCUT2D eigenvalue weighted by atomic mass is 32.2. The first kappa shape index (κ1) is 18.1. The van der Waals surface area contributed by atoms with Crippen LogP contribution in [0.3, 0.4) is 0 Å². The van der Waals surface area contributed by atoms with E-state index in [2.05, 4.69) is 22.1 Å². The second-order valence-electron chi connectivity index (χ2n) is 7.52. The molecule has 1 aliphatic heterocycles. The maximum atomic E-state index is 10.0. The van der Waals surface area contributed by atoms with Crippen LogP contribution in [0.2, 0.25) is 0 Å². The third-order valence-electron chi connectivity index (χ3n) is 5.48. The summed E-state index contributed by atoms with van der Waals surface area (Å²) in [6.45, 7) is 5.50. The topological polar surface area (TPSA) is 54.4 Å². The number of nitrogens with zero attached hydrogens (tertiary/aromatic N) is 3. The molecule has 1 atom stereocenters. The van der Waals surface area contributed by atoms with Crippen LogP contribution in [-0.2, 0) is 19.6 Å². The summed E-state index contributed by atoms with van der Waals surface area (Å²) in [7, 11) is 0. The molecule has 142 valence electrons. The van der Waals surface area contributed by atoms with Crippen LogP contribution in [0.25, 0.3) is 0 Å². The molecule has 0 bridgehead atoms. The lowest BCUT2D eigenvalue weighted by Gasteiger charge is -2.26. The van der Waals surface area contributed by atoms with Crippen LogP contribution in [0.15, 0.2) is 27.7 Å². The molecule has 2 aromatic heterocycles. The molecule has 2 aromatic rings. The summed E-state index contributed by atoms with van der Waals surface area (Å²) in [5.41, 5.74) is 1.98. The third kappa shape index (κ3) is 4.18. The van der Waals surface area contributed by atoms with E-state index in [0.717, 1.165) is 48.0 Å². The van der Waals surface area contributed by atoms with Gasteiger partial charge in [-0.05, 0) is 37.5 Å². The first-order valence-corrected chi connectivity index (χ1v) is 10.8. The van der Waals surface area contributed by atoms with Crippen LogP contribution < -0.4 is 0 Å². The fourth-order valence-electron chi connectivity index (χ4n) is 3.92. The number of hydrogen-bond acceptors (Lipinski definition) is 5. The highest BCUT2D eigenvalue weighted by Crippen LogP contribution is 2.34. The maximum Gasteiger partial charge on any atom is 0.160 e. The summed E-state index contributed by atoms with van der Waals surface area (Å²) in [5, 5.41) is 16.4. The quantitative estimate of drug-likeness (QED) is 0.813. The SMILES string of the molecule is CC[C@H](O)c1cc2n(n1)CCN(Cc1ccc(SC3CCCCC3)o1)C2. The fraction of sp³-hybridized carbons (Fsp3) is 0.650. The van der Waals surface area contributed by atoms with Crippen LogP contribution in [0.4, 0.5) is 0 Å². The van der Waals surface area contributed by atoms with Crippen LogP contribution in [-0.4, -0.2) is 31.6 Å². The second-order valence-corrected chi connectivity index (χ2v) is 8.82. The fourth-order valence-corrected chi connectivity index (χ4v) is 5.12. The minimum Gasteiger partial charge on any atom is -0.454 e. The molecule has 1 N–H and O–H groups in total. The summed E-state index contributed by atoms with van der Waals surface area (Å²) >= 11 is 1.92. The van der Waals surface area contributed by atoms with Crippen molar-refractivity contribution in [2.45, 2.75) is 81.5 Å². The predicted octanol–water partition coefficient (Wildman–Crippen LogP) is 4.36. The van der Waals surface area contributed by atoms with Crippen molar-refractivity contribution in [3.8, 4) is 0 Å². The van der Waals surface area contributed by atoms with Crippen molar-refractivity contribution in [3.63, 3.8) is 0 Å². The van der Waals surface area contributed by atoms with Crippen molar-refractivity contribution in [3.05, 3.63) is 35.3 Å². The Labute approximate surface area is 159 Å². The van der Waals surface area contributed by atoms with Gasteiger partial charge in [0.1, 0.15) is 5.76 Å². The van der Waals surface area contributed by atoms with Crippen molar-refractivity contribution < 1.29 is 9.52 Å². The van der Waals surface area contributed by atoms with Crippen molar-refractivity contribution in [1.29, 1.82) is 0 Å². The highest BCUT2D eigenvalue weighted by Gasteiger charge is 2.22. The molecule has 3 heterocycles. The third-order valence-corrected chi connectivity index (χ3v) is 6.73. The van der Waals surface area contributed by atoms with Gasteiger partial charge in [0.2, 0.25) is 0 Å². The summed E-state index contributed by atoms with van der Waals surface area (Å²) in [6.07, 6.45) is 7.01. The van der Waals surface area contributed by atoms with Crippen LogP contribution in [0, 0.1) is 0 Å². The van der Waals surface area contributed by atoms with Crippen LogP contribution in [0.5, 0.6) is 0 Å². The number of fused-ring (bicyclic) bond motifs is 1. The Morgan fingerprint density at radius 3 is 2.92 bits per heavy atom. The maximum absolute atomic E-state index is 10.0. The summed E-state index contributed by atoms with van der Waals surface area (Å²) in [6, 6.07) is 6.31. The molecule has 1 fully saturated rings. The minimum atomic E-state index is -0.453. The van der Waals surface area contributed by atoms with Gasteiger partial charge in [0, 0.05) is 18.3 Å². The lowest BCUT2D eigenvalue weighted by Crippen LogP contribution is -2.33. The van der Waals surface area contributed by atoms with Crippen LogP contribution >= 0.6 is 11.8 Å². The van der Waals surface area contributed by atoms with Crippen molar-refractivity contribution in [2.75, 3.05) is 6.54 Å². The number of rotatable bonds is 6. The zero-order valence-corrected chi connectivity index (χ0v) is 16.4. The average Bonchev–Trinajstić information content (AvgIpc) is 3.28. The van der Waals surface area contributed by atoms with Gasteiger partial charge < -0.3 is 9.52 Å². The normalized spacial score (nSPS) is 20.2. The Kier molecular flexibility index (Phi) is 5.72. The molecule has 5 nitrogen and oxygen atoms in total. The molecule has 0 amide bonds. The monoisotopic (exact) mass is 375 g/mol. The van der Waals surface area contributed by atoms with E-state index in [1.165, 1.54) is 37.8 Å². The van der Waals surface area contributed by atoms with Gasteiger partial charge in [0.05, 0.1) is 30.6 Å². The molecule has 1 saturated carbocycles. The molecule has 1 aliphatic carbocycles. The van der Waals surface area contributed by atoms with Gasteiger partial charge in [-0.1, -0.05) is 37.9 Å². The van der Waals surface area contributed by atoms with E-state index in [-0.39, 0.29) is 0 Å². The number of hydrogen-bond donors (Lipinski definition) is 1. The van der Waals surface area contributed by atoms with Crippen molar-refractivity contribution in [1.82, 2.24) is 14.7 Å². The van der Waals surface area contributed by atoms with E-state index in [0.29, 0.717) is 6.42 Å². The van der Waals surface area contributed by atoms with E-state index < -0.39 is 6.10 Å². The zero-order valence-electron chi connectivity index (χ0n) is 15.6. The molecule has 0 spiro atoms. The Morgan fingerprint density at radius 1 is 1.27 bits per heavy atom. The second kappa shape index (κ2) is 8.19. The number of aliphatic hydroxyl groups excluding tert-OH is 1. The predicted molar refractivity (Wildman–Crippen MR) is 103 cm³/mol. The largest absolute Gasteiger partial charge is 0.454 e. The van der Waals surface area contributed by atoms with E-state index in [1.54, 1.807) is 0 Å². The van der Waals surface area contributed by atoms with E-state index in [9.17, 15) is 5.11 Å². The number of thioether (sulfide) groups is 1. The van der Waals surface area contributed by atoms with Crippen molar-refractivity contribution >= 4 is 11.8 Å². The van der Waals surface area contributed by atoms with E-state index in [4.69, 9.17) is 4.42 Å². The Morgan fingerprint density at radius 2 is 2.12 bits per heavy atom. The molecule has 4 rings (SSSR count).